The molecule has 5 heteroatoms. The number of nitrogens with one attached hydrogen (secondary N) is 1. The van der Waals surface area contributed by atoms with Gasteiger partial charge < -0.3 is 10.1 Å². The number of halogens is 3. The van der Waals surface area contributed by atoms with Crippen molar-refractivity contribution in [2.75, 3.05) is 11.9 Å². The van der Waals surface area contributed by atoms with E-state index in [1.54, 1.807) is 12.1 Å². The maximum absolute atomic E-state index is 6.12. The predicted octanol–water partition coefficient (Wildman–Crippen LogP) is 5.79. The van der Waals surface area contributed by atoms with E-state index < -0.39 is 0 Å². The van der Waals surface area contributed by atoms with Crippen LogP contribution in [-0.4, -0.2) is 6.61 Å². The Balaban J connectivity index is 2.28. The van der Waals surface area contributed by atoms with Gasteiger partial charge in [0.25, 0.3) is 0 Å². The Kier molecular flexibility index (Phi) is 4.81. The lowest BCUT2D eigenvalue weighted by Crippen LogP contribution is -1.95. The number of anilines is 2. The van der Waals surface area contributed by atoms with Gasteiger partial charge >= 0.3 is 0 Å². The van der Waals surface area contributed by atoms with Crippen LogP contribution in [-0.2, 0) is 0 Å². The van der Waals surface area contributed by atoms with E-state index in [1.165, 1.54) is 0 Å². The zero-order valence-corrected chi connectivity index (χ0v) is 12.5. The second-order valence-electron chi connectivity index (χ2n) is 3.83. The minimum Gasteiger partial charge on any atom is -0.494 e. The van der Waals surface area contributed by atoms with Crippen molar-refractivity contribution >= 4 is 46.2 Å². The molecule has 0 aliphatic heterocycles. The van der Waals surface area contributed by atoms with Gasteiger partial charge in [0.15, 0.2) is 0 Å². The maximum atomic E-state index is 6.12. The number of ether oxygens (including phenoxy) is 1. The van der Waals surface area contributed by atoms with E-state index in [9.17, 15) is 0 Å². The molecule has 0 saturated heterocycles. The summed E-state index contributed by atoms with van der Waals surface area (Å²) in [5.74, 6) is 0.786. The summed E-state index contributed by atoms with van der Waals surface area (Å²) >= 11 is 18.1. The first-order valence-electron chi connectivity index (χ1n) is 5.74. The summed E-state index contributed by atoms with van der Waals surface area (Å²) in [4.78, 5) is 0. The zero-order valence-electron chi connectivity index (χ0n) is 10.2. The van der Waals surface area contributed by atoms with E-state index in [2.05, 4.69) is 5.32 Å². The van der Waals surface area contributed by atoms with Crippen molar-refractivity contribution in [3.63, 3.8) is 0 Å². The van der Waals surface area contributed by atoms with E-state index in [1.807, 2.05) is 31.2 Å². The molecule has 2 nitrogen and oxygen atoms in total. The molecule has 0 amide bonds. The topological polar surface area (TPSA) is 21.3 Å². The zero-order chi connectivity index (χ0) is 13.8. The van der Waals surface area contributed by atoms with Crippen molar-refractivity contribution in [3.05, 3.63) is 51.5 Å². The van der Waals surface area contributed by atoms with Crippen LogP contribution in [0.5, 0.6) is 5.75 Å². The van der Waals surface area contributed by atoms with Crippen molar-refractivity contribution in [1.82, 2.24) is 0 Å². The largest absolute Gasteiger partial charge is 0.494 e. The number of benzene rings is 2. The van der Waals surface area contributed by atoms with Crippen molar-refractivity contribution < 1.29 is 4.74 Å². The van der Waals surface area contributed by atoms with Gasteiger partial charge in [-0.1, -0.05) is 40.9 Å². The Bertz CT molecular complexity index is 564. The van der Waals surface area contributed by atoms with Gasteiger partial charge in [-0.3, -0.25) is 0 Å². The third-order valence-electron chi connectivity index (χ3n) is 2.42. The summed E-state index contributed by atoms with van der Waals surface area (Å²) in [6.07, 6.45) is 0. The first kappa shape index (κ1) is 14.3. The molecule has 0 fully saturated rings. The van der Waals surface area contributed by atoms with Crippen molar-refractivity contribution in [1.29, 1.82) is 0 Å². The summed E-state index contributed by atoms with van der Waals surface area (Å²) < 4.78 is 5.44. The summed E-state index contributed by atoms with van der Waals surface area (Å²) in [6, 6.07) is 10.9. The Morgan fingerprint density at radius 1 is 1.05 bits per heavy atom. The lowest BCUT2D eigenvalue weighted by atomic mass is 10.2. The molecule has 1 N–H and O–H groups in total. The van der Waals surface area contributed by atoms with Crippen LogP contribution in [0, 0.1) is 0 Å². The standard InChI is InChI=1S/C14H12Cl3NO/c1-2-19-11-5-3-4-10(8-11)18-14-12(16)6-9(15)7-13(14)17/h3-8,18H,2H2,1H3. The quantitative estimate of drug-likeness (QED) is 0.771. The first-order chi connectivity index (χ1) is 9.10. The minimum atomic E-state index is 0.472. The van der Waals surface area contributed by atoms with Gasteiger partial charge in [-0.2, -0.15) is 0 Å². The van der Waals surface area contributed by atoms with Gasteiger partial charge in [-0.05, 0) is 31.2 Å². The van der Waals surface area contributed by atoms with Crippen LogP contribution < -0.4 is 10.1 Å². The highest BCUT2D eigenvalue weighted by Gasteiger charge is 2.08. The van der Waals surface area contributed by atoms with Crippen LogP contribution in [0.2, 0.25) is 15.1 Å². The average Bonchev–Trinajstić information content (AvgIpc) is 2.35. The van der Waals surface area contributed by atoms with Crippen molar-refractivity contribution in [3.8, 4) is 5.75 Å². The van der Waals surface area contributed by atoms with Gasteiger partial charge in [-0.15, -0.1) is 0 Å². The molecule has 0 saturated carbocycles. The van der Waals surface area contributed by atoms with E-state index in [-0.39, 0.29) is 0 Å². The molecule has 19 heavy (non-hydrogen) atoms. The normalized spacial score (nSPS) is 10.3. The van der Waals surface area contributed by atoms with Gasteiger partial charge in [0, 0.05) is 16.8 Å². The van der Waals surface area contributed by atoms with Crippen LogP contribution in [0.3, 0.4) is 0 Å². The molecule has 0 bridgehead atoms. The van der Waals surface area contributed by atoms with E-state index in [0.29, 0.717) is 27.4 Å². The Morgan fingerprint density at radius 2 is 1.74 bits per heavy atom. The summed E-state index contributed by atoms with van der Waals surface area (Å²) in [5.41, 5.74) is 1.47. The Hall–Kier alpha value is -1.09. The lowest BCUT2D eigenvalue weighted by molar-refractivity contribution is 0.340. The molecule has 2 rings (SSSR count). The van der Waals surface area contributed by atoms with Crippen LogP contribution in [0.25, 0.3) is 0 Å². The molecule has 0 aromatic heterocycles. The van der Waals surface area contributed by atoms with Crippen LogP contribution in [0.15, 0.2) is 36.4 Å². The molecule has 100 valence electrons. The first-order valence-corrected chi connectivity index (χ1v) is 6.88. The minimum absolute atomic E-state index is 0.472. The van der Waals surface area contributed by atoms with Crippen LogP contribution in [0.1, 0.15) is 6.92 Å². The molecule has 0 radical (unpaired) electrons. The maximum Gasteiger partial charge on any atom is 0.121 e. The predicted molar refractivity (Wildman–Crippen MR) is 82.4 cm³/mol. The molecule has 0 heterocycles. The average molecular weight is 317 g/mol. The molecule has 0 unspecified atom stereocenters. The third-order valence-corrected chi connectivity index (χ3v) is 3.24. The van der Waals surface area contributed by atoms with Gasteiger partial charge in [0.2, 0.25) is 0 Å². The Labute approximate surface area is 127 Å². The molecule has 2 aromatic carbocycles. The summed E-state index contributed by atoms with van der Waals surface area (Å²) in [5, 5.41) is 4.61. The molecule has 0 spiro atoms. The van der Waals surface area contributed by atoms with Crippen molar-refractivity contribution in [2.45, 2.75) is 6.92 Å². The Morgan fingerprint density at radius 3 is 2.37 bits per heavy atom. The van der Waals surface area contributed by atoms with Gasteiger partial charge in [-0.25, -0.2) is 0 Å². The third kappa shape index (κ3) is 3.69. The number of hydrogen-bond donors (Lipinski definition) is 1. The highest BCUT2D eigenvalue weighted by molar-refractivity contribution is 6.41. The fourth-order valence-electron chi connectivity index (χ4n) is 1.64. The SMILES string of the molecule is CCOc1cccc(Nc2c(Cl)cc(Cl)cc2Cl)c1. The molecular formula is C14H12Cl3NO. The van der Waals surface area contributed by atoms with Crippen molar-refractivity contribution in [2.24, 2.45) is 0 Å². The van der Waals surface area contributed by atoms with Gasteiger partial charge in [0.1, 0.15) is 5.75 Å². The lowest BCUT2D eigenvalue weighted by Gasteiger charge is -2.12. The highest BCUT2D eigenvalue weighted by Crippen LogP contribution is 2.36. The monoisotopic (exact) mass is 315 g/mol. The van der Waals surface area contributed by atoms with E-state index >= 15 is 0 Å². The van der Waals surface area contributed by atoms with E-state index in [4.69, 9.17) is 39.5 Å². The van der Waals surface area contributed by atoms with Crippen LogP contribution >= 0.6 is 34.8 Å². The molecule has 2 aromatic rings. The molecule has 0 aliphatic carbocycles. The fourth-order valence-corrected chi connectivity index (χ4v) is 2.55. The number of hydrogen-bond acceptors (Lipinski definition) is 2. The summed E-state index contributed by atoms with van der Waals surface area (Å²) in [6.45, 7) is 2.55. The summed E-state index contributed by atoms with van der Waals surface area (Å²) in [7, 11) is 0. The van der Waals surface area contributed by atoms with Crippen LogP contribution in [0.4, 0.5) is 11.4 Å². The fraction of sp³-hybridized carbons (Fsp3) is 0.143. The van der Waals surface area contributed by atoms with E-state index in [0.717, 1.165) is 11.4 Å². The molecule has 0 atom stereocenters. The molecular weight excluding hydrogens is 305 g/mol. The molecule has 0 aliphatic rings. The van der Waals surface area contributed by atoms with Gasteiger partial charge in [0.05, 0.1) is 22.3 Å². The highest BCUT2D eigenvalue weighted by atomic mass is 35.5. The second kappa shape index (κ2) is 6.38. The smallest absolute Gasteiger partial charge is 0.121 e. The second-order valence-corrected chi connectivity index (χ2v) is 5.08. The number of rotatable bonds is 4.